The number of alkyl carbamates (subject to hydrolysis) is 1. The maximum Gasteiger partial charge on any atom is 0.406 e. The van der Waals surface area contributed by atoms with Gasteiger partial charge in [0, 0.05) is 36.0 Å². The highest BCUT2D eigenvalue weighted by Crippen LogP contribution is 2.40. The van der Waals surface area contributed by atoms with Gasteiger partial charge in [-0.05, 0) is 42.0 Å². The standard InChI is InChI=1S/C26H27N3O5/c1-27-26(30)34-12-11-16-5-7-17(8-6-16)28-25-19-13-18(31-2)9-10-21(19)29-22-15-24(33-4)23(32-3)14-20(22)25/h5-10,13-15H,11-12H2,1-4H3,(H,27,30)(H,28,29). The fraction of sp³-hybridized carbons (Fsp3) is 0.231. The third kappa shape index (κ3) is 4.76. The molecule has 0 unspecified atom stereocenters. The summed E-state index contributed by atoms with van der Waals surface area (Å²) in [6.07, 6.45) is 0.195. The highest BCUT2D eigenvalue weighted by Gasteiger charge is 2.15. The summed E-state index contributed by atoms with van der Waals surface area (Å²) >= 11 is 0. The zero-order valence-corrected chi connectivity index (χ0v) is 19.6. The number of fused-ring (bicyclic) bond motifs is 2. The van der Waals surface area contributed by atoms with Crippen molar-refractivity contribution in [2.45, 2.75) is 6.42 Å². The zero-order chi connectivity index (χ0) is 24.1. The van der Waals surface area contributed by atoms with Gasteiger partial charge in [0.1, 0.15) is 5.75 Å². The van der Waals surface area contributed by atoms with Crippen molar-refractivity contribution in [1.29, 1.82) is 0 Å². The number of rotatable bonds is 8. The largest absolute Gasteiger partial charge is 0.497 e. The number of hydrogen-bond donors (Lipinski definition) is 2. The first kappa shape index (κ1) is 23.0. The molecule has 2 N–H and O–H groups in total. The second-order valence-corrected chi connectivity index (χ2v) is 7.55. The van der Waals surface area contributed by atoms with Crippen molar-refractivity contribution in [2.75, 3.05) is 40.3 Å². The molecule has 0 fully saturated rings. The van der Waals surface area contributed by atoms with Gasteiger partial charge in [0.25, 0.3) is 0 Å². The van der Waals surface area contributed by atoms with Gasteiger partial charge in [0.2, 0.25) is 0 Å². The van der Waals surface area contributed by atoms with E-state index in [2.05, 4.69) is 10.6 Å². The molecule has 34 heavy (non-hydrogen) atoms. The normalized spacial score (nSPS) is 10.7. The molecule has 8 heteroatoms. The van der Waals surface area contributed by atoms with E-state index in [-0.39, 0.29) is 0 Å². The van der Waals surface area contributed by atoms with E-state index in [1.807, 2.05) is 54.6 Å². The Labute approximate surface area is 197 Å². The Bertz CT molecular complexity index is 1320. The Balaban J connectivity index is 1.74. The lowest BCUT2D eigenvalue weighted by molar-refractivity contribution is 0.150. The number of nitrogens with zero attached hydrogens (tertiary/aromatic N) is 1. The number of pyridine rings is 1. The monoisotopic (exact) mass is 461 g/mol. The Morgan fingerprint density at radius 3 is 2.24 bits per heavy atom. The summed E-state index contributed by atoms with van der Waals surface area (Å²) in [6, 6.07) is 17.6. The number of aromatic nitrogens is 1. The van der Waals surface area contributed by atoms with Gasteiger partial charge in [-0.15, -0.1) is 0 Å². The minimum absolute atomic E-state index is 0.313. The SMILES string of the molecule is CNC(=O)OCCc1ccc(Nc2c3cc(OC)ccc3nc3cc(OC)c(OC)cc23)cc1. The molecular weight excluding hydrogens is 434 g/mol. The fourth-order valence-electron chi connectivity index (χ4n) is 3.74. The van der Waals surface area contributed by atoms with E-state index in [9.17, 15) is 4.79 Å². The van der Waals surface area contributed by atoms with Crippen molar-refractivity contribution < 1.29 is 23.7 Å². The predicted molar refractivity (Wildman–Crippen MR) is 133 cm³/mol. The van der Waals surface area contributed by atoms with Crippen LogP contribution in [0.3, 0.4) is 0 Å². The molecule has 0 spiro atoms. The predicted octanol–water partition coefficient (Wildman–Crippen LogP) is 5.06. The minimum atomic E-state index is -0.433. The second kappa shape index (κ2) is 10.2. The van der Waals surface area contributed by atoms with Crippen molar-refractivity contribution in [3.05, 3.63) is 60.2 Å². The summed E-state index contributed by atoms with van der Waals surface area (Å²) in [5.41, 5.74) is 4.46. The molecule has 0 saturated heterocycles. The quantitative estimate of drug-likeness (QED) is 0.355. The number of nitrogens with one attached hydrogen (secondary N) is 2. The van der Waals surface area contributed by atoms with Gasteiger partial charge >= 0.3 is 6.09 Å². The number of hydrogen-bond acceptors (Lipinski definition) is 7. The molecule has 0 radical (unpaired) electrons. The van der Waals surface area contributed by atoms with Gasteiger partial charge < -0.3 is 29.6 Å². The summed E-state index contributed by atoms with van der Waals surface area (Å²) in [5.74, 6) is 1.97. The van der Waals surface area contributed by atoms with Gasteiger partial charge in [-0.2, -0.15) is 0 Å². The summed E-state index contributed by atoms with van der Waals surface area (Å²) < 4.78 is 21.5. The molecule has 0 aliphatic carbocycles. The lowest BCUT2D eigenvalue weighted by Crippen LogP contribution is -2.20. The van der Waals surface area contributed by atoms with Crippen molar-refractivity contribution in [2.24, 2.45) is 0 Å². The minimum Gasteiger partial charge on any atom is -0.497 e. The van der Waals surface area contributed by atoms with Crippen molar-refractivity contribution >= 4 is 39.3 Å². The number of carbonyl (C=O) groups excluding carboxylic acids is 1. The lowest BCUT2D eigenvalue weighted by Gasteiger charge is -2.16. The van der Waals surface area contributed by atoms with E-state index in [0.29, 0.717) is 24.5 Å². The van der Waals surface area contributed by atoms with Crippen LogP contribution in [0.2, 0.25) is 0 Å². The van der Waals surface area contributed by atoms with Crippen molar-refractivity contribution in [3.63, 3.8) is 0 Å². The van der Waals surface area contributed by atoms with E-state index in [1.54, 1.807) is 21.3 Å². The Kier molecular flexibility index (Phi) is 6.87. The number of ether oxygens (including phenoxy) is 4. The third-order valence-corrected chi connectivity index (χ3v) is 5.54. The molecule has 0 saturated carbocycles. The zero-order valence-electron chi connectivity index (χ0n) is 19.6. The number of benzene rings is 3. The van der Waals surface area contributed by atoms with Gasteiger partial charge in [-0.3, -0.25) is 0 Å². The molecule has 1 aromatic heterocycles. The first-order valence-electron chi connectivity index (χ1n) is 10.8. The van der Waals surface area contributed by atoms with Crippen LogP contribution in [0.15, 0.2) is 54.6 Å². The van der Waals surface area contributed by atoms with Crippen LogP contribution >= 0.6 is 0 Å². The Hall–Kier alpha value is -4.20. The Morgan fingerprint density at radius 1 is 0.853 bits per heavy atom. The summed E-state index contributed by atoms with van der Waals surface area (Å²) in [4.78, 5) is 16.1. The van der Waals surface area contributed by atoms with Gasteiger partial charge in [-0.1, -0.05) is 12.1 Å². The summed E-state index contributed by atoms with van der Waals surface area (Å²) in [7, 11) is 6.40. The summed E-state index contributed by atoms with van der Waals surface area (Å²) in [6.45, 7) is 0.313. The van der Waals surface area contributed by atoms with Crippen LogP contribution in [0, 0.1) is 0 Å². The van der Waals surface area contributed by atoms with E-state index < -0.39 is 6.09 Å². The van der Waals surface area contributed by atoms with E-state index in [1.165, 1.54) is 7.05 Å². The highest BCUT2D eigenvalue weighted by atomic mass is 16.5. The highest BCUT2D eigenvalue weighted by molar-refractivity contribution is 6.09. The average molecular weight is 462 g/mol. The van der Waals surface area contributed by atoms with Crippen LogP contribution in [0.25, 0.3) is 21.8 Å². The molecule has 176 valence electrons. The van der Waals surface area contributed by atoms with E-state index in [4.69, 9.17) is 23.9 Å². The average Bonchev–Trinajstić information content (AvgIpc) is 2.88. The molecule has 0 atom stereocenters. The first-order valence-corrected chi connectivity index (χ1v) is 10.8. The van der Waals surface area contributed by atoms with Crippen LogP contribution in [0.1, 0.15) is 5.56 Å². The lowest BCUT2D eigenvalue weighted by atomic mass is 10.1. The van der Waals surface area contributed by atoms with Crippen LogP contribution in [-0.4, -0.2) is 46.1 Å². The van der Waals surface area contributed by atoms with Crippen LogP contribution < -0.4 is 24.8 Å². The van der Waals surface area contributed by atoms with Crippen molar-refractivity contribution in [1.82, 2.24) is 10.3 Å². The maximum absolute atomic E-state index is 11.2. The number of amides is 1. The molecule has 1 heterocycles. The number of anilines is 2. The maximum atomic E-state index is 11.2. The molecule has 8 nitrogen and oxygen atoms in total. The van der Waals surface area contributed by atoms with E-state index in [0.717, 1.165) is 44.5 Å². The summed E-state index contributed by atoms with van der Waals surface area (Å²) in [5, 5.41) is 7.80. The van der Waals surface area contributed by atoms with Gasteiger partial charge in [-0.25, -0.2) is 9.78 Å². The number of methoxy groups -OCH3 is 3. The smallest absolute Gasteiger partial charge is 0.406 e. The third-order valence-electron chi connectivity index (χ3n) is 5.54. The molecule has 1 amide bonds. The number of carbonyl (C=O) groups is 1. The molecular formula is C26H27N3O5. The van der Waals surface area contributed by atoms with Crippen LogP contribution in [-0.2, 0) is 11.2 Å². The molecule has 4 rings (SSSR count). The van der Waals surface area contributed by atoms with Gasteiger partial charge in [0.15, 0.2) is 11.5 Å². The Morgan fingerprint density at radius 2 is 1.56 bits per heavy atom. The fourth-order valence-corrected chi connectivity index (χ4v) is 3.74. The molecule has 0 aliphatic heterocycles. The molecule has 3 aromatic carbocycles. The van der Waals surface area contributed by atoms with Crippen LogP contribution in [0.5, 0.6) is 17.2 Å². The molecule has 0 aliphatic rings. The van der Waals surface area contributed by atoms with E-state index >= 15 is 0 Å². The molecule has 4 aromatic rings. The first-order chi connectivity index (χ1) is 16.6. The second-order valence-electron chi connectivity index (χ2n) is 7.55. The topological polar surface area (TPSA) is 90.9 Å². The van der Waals surface area contributed by atoms with Crippen LogP contribution in [0.4, 0.5) is 16.2 Å². The molecule has 0 bridgehead atoms. The van der Waals surface area contributed by atoms with Crippen molar-refractivity contribution in [3.8, 4) is 17.2 Å². The van der Waals surface area contributed by atoms with Gasteiger partial charge in [0.05, 0.1) is 44.7 Å².